The van der Waals surface area contributed by atoms with Crippen molar-refractivity contribution in [1.82, 2.24) is 16.0 Å². The molecule has 0 fully saturated rings. The van der Waals surface area contributed by atoms with Gasteiger partial charge >= 0.3 is 5.97 Å². The Labute approximate surface area is 276 Å². The van der Waals surface area contributed by atoms with Crippen LogP contribution in [0.2, 0.25) is 0 Å². The van der Waals surface area contributed by atoms with Gasteiger partial charge < -0.3 is 20.1 Å². The molecule has 2 unspecified atom stereocenters. The van der Waals surface area contributed by atoms with E-state index in [1.165, 1.54) is 11.6 Å². The molecule has 0 aliphatic carbocycles. The van der Waals surface area contributed by atoms with Gasteiger partial charge in [0, 0.05) is 17.7 Å². The highest BCUT2D eigenvalue weighted by Gasteiger charge is 2.48. The Morgan fingerprint density at radius 2 is 1.70 bits per heavy atom. The van der Waals surface area contributed by atoms with Crippen LogP contribution in [0.25, 0.3) is 0 Å². The van der Waals surface area contributed by atoms with Crippen LogP contribution in [-0.4, -0.2) is 37.1 Å². The van der Waals surface area contributed by atoms with Gasteiger partial charge in [-0.1, -0.05) is 87.5 Å². The highest BCUT2D eigenvalue weighted by Crippen LogP contribution is 2.38. The van der Waals surface area contributed by atoms with Crippen LogP contribution in [0, 0.1) is 11.2 Å². The van der Waals surface area contributed by atoms with E-state index in [-0.39, 0.29) is 30.0 Å². The van der Waals surface area contributed by atoms with E-state index in [1.807, 2.05) is 51.1 Å². The molecule has 1 aliphatic heterocycles. The Morgan fingerprint density at radius 1 is 1.00 bits per heavy atom. The first-order valence-corrected chi connectivity index (χ1v) is 16.3. The van der Waals surface area contributed by atoms with Crippen molar-refractivity contribution in [2.24, 2.45) is 5.41 Å². The first kappa shape index (κ1) is 35.1. The number of hydrogen-bond donors (Lipinski definition) is 3. The average molecular weight is 650 g/mol. The molecule has 9 heteroatoms. The molecule has 4 rings (SSSR count). The predicted molar refractivity (Wildman–Crippen MR) is 180 cm³/mol. The summed E-state index contributed by atoms with van der Waals surface area (Å²) in [5.41, 5.74) is 0.662. The van der Waals surface area contributed by atoms with Gasteiger partial charge in [0.05, 0.1) is 19.1 Å². The Morgan fingerprint density at radius 3 is 2.46 bits per heavy atom. The summed E-state index contributed by atoms with van der Waals surface area (Å²) in [6, 6.07) is 23.7. The topological polar surface area (TPSA) is 88.7 Å². The zero-order valence-electron chi connectivity index (χ0n) is 26.9. The Balaban J connectivity index is 1.42. The van der Waals surface area contributed by atoms with Gasteiger partial charge in [-0.2, -0.15) is 0 Å². The largest absolute Gasteiger partial charge is 0.493 e. The highest BCUT2D eigenvalue weighted by molar-refractivity contribution is 6.29. The van der Waals surface area contributed by atoms with Crippen LogP contribution in [0.1, 0.15) is 69.2 Å². The van der Waals surface area contributed by atoms with E-state index < -0.39 is 29.3 Å². The number of carbonyl (C=O) groups excluding carboxylic acids is 2. The maximum absolute atomic E-state index is 14.2. The Hall–Kier alpha value is -3.72. The van der Waals surface area contributed by atoms with E-state index in [0.29, 0.717) is 17.9 Å². The van der Waals surface area contributed by atoms with Crippen LogP contribution in [0.15, 0.2) is 90.2 Å². The minimum atomic E-state index is -1.42. The van der Waals surface area contributed by atoms with Gasteiger partial charge in [-0.25, -0.2) is 9.18 Å². The van der Waals surface area contributed by atoms with Crippen molar-refractivity contribution in [3.63, 3.8) is 0 Å². The molecule has 7 nitrogen and oxygen atoms in total. The van der Waals surface area contributed by atoms with Crippen LogP contribution in [-0.2, 0) is 27.3 Å². The van der Waals surface area contributed by atoms with E-state index in [0.717, 1.165) is 37.9 Å². The number of esters is 1. The summed E-state index contributed by atoms with van der Waals surface area (Å²) in [4.78, 5) is 27.0. The number of carbonyl (C=O) groups is 2. The van der Waals surface area contributed by atoms with Gasteiger partial charge in [-0.15, -0.1) is 0 Å². The van der Waals surface area contributed by atoms with E-state index >= 15 is 0 Å². The van der Waals surface area contributed by atoms with Crippen molar-refractivity contribution in [3.05, 3.63) is 113 Å². The Bertz CT molecular complexity index is 1480. The number of rotatable bonds is 15. The van der Waals surface area contributed by atoms with Crippen LogP contribution in [0.5, 0.6) is 5.75 Å². The first-order chi connectivity index (χ1) is 22.0. The third kappa shape index (κ3) is 10.7. The number of ether oxygens (including phenoxy) is 2. The van der Waals surface area contributed by atoms with Crippen molar-refractivity contribution >= 4 is 23.5 Å². The van der Waals surface area contributed by atoms with Gasteiger partial charge in [-0.3, -0.25) is 10.1 Å². The molecule has 0 aromatic heterocycles. The second-order valence-electron chi connectivity index (χ2n) is 12.9. The molecule has 0 saturated heterocycles. The van der Waals surface area contributed by atoms with Gasteiger partial charge in [0.25, 0.3) is 0 Å². The SMILES string of the molecule is CC(C)(C)CC1(CC(=O)NCc2ccccc2F)NC(c2ccccc2OCCCNCCCc2ccccc2)C=C(Cl)OC1=O. The molecule has 3 aromatic carbocycles. The molecule has 0 radical (unpaired) electrons. The molecular formula is C37H45ClFN3O4. The van der Waals surface area contributed by atoms with Crippen molar-refractivity contribution in [2.45, 2.75) is 71.0 Å². The van der Waals surface area contributed by atoms with E-state index in [4.69, 9.17) is 21.1 Å². The minimum Gasteiger partial charge on any atom is -0.493 e. The second-order valence-corrected chi connectivity index (χ2v) is 13.3. The summed E-state index contributed by atoms with van der Waals surface area (Å²) in [5.74, 6) is -0.836. The normalized spacial score (nSPS) is 18.3. The molecule has 46 heavy (non-hydrogen) atoms. The van der Waals surface area contributed by atoms with Crippen LogP contribution < -0.4 is 20.7 Å². The van der Waals surface area contributed by atoms with E-state index in [1.54, 1.807) is 24.3 Å². The van der Waals surface area contributed by atoms with Crippen molar-refractivity contribution in [2.75, 3.05) is 19.7 Å². The molecule has 2 atom stereocenters. The molecule has 3 N–H and O–H groups in total. The lowest BCUT2D eigenvalue weighted by Gasteiger charge is -2.38. The number of benzene rings is 3. The second kappa shape index (κ2) is 16.7. The van der Waals surface area contributed by atoms with E-state index in [2.05, 4.69) is 40.2 Å². The lowest BCUT2D eigenvalue weighted by Crippen LogP contribution is -2.57. The number of nitrogens with one attached hydrogen (secondary N) is 3. The zero-order valence-corrected chi connectivity index (χ0v) is 27.7. The van der Waals surface area contributed by atoms with Gasteiger partial charge in [0.15, 0.2) is 5.22 Å². The number of aryl methyl sites for hydroxylation is 1. The van der Waals surface area contributed by atoms with Crippen LogP contribution in [0.3, 0.4) is 0 Å². The summed E-state index contributed by atoms with van der Waals surface area (Å²) >= 11 is 6.42. The molecule has 246 valence electrons. The maximum atomic E-state index is 14.2. The zero-order chi connectivity index (χ0) is 33.0. The fourth-order valence-electron chi connectivity index (χ4n) is 5.74. The maximum Gasteiger partial charge on any atom is 0.333 e. The molecule has 0 bridgehead atoms. The van der Waals surface area contributed by atoms with Crippen molar-refractivity contribution in [1.29, 1.82) is 0 Å². The third-order valence-corrected chi connectivity index (χ3v) is 7.91. The summed E-state index contributed by atoms with van der Waals surface area (Å²) in [6.07, 6.45) is 4.58. The highest BCUT2D eigenvalue weighted by atomic mass is 35.5. The fraction of sp³-hybridized carbons (Fsp3) is 0.405. The van der Waals surface area contributed by atoms with Gasteiger partial charge in [0.1, 0.15) is 17.1 Å². The third-order valence-electron chi connectivity index (χ3n) is 7.71. The predicted octanol–water partition coefficient (Wildman–Crippen LogP) is 6.97. The molecule has 0 spiro atoms. The number of hydrogen-bond acceptors (Lipinski definition) is 6. The summed E-state index contributed by atoms with van der Waals surface area (Å²) in [5, 5.41) is 9.61. The smallest absolute Gasteiger partial charge is 0.333 e. The van der Waals surface area contributed by atoms with Crippen molar-refractivity contribution < 1.29 is 23.5 Å². The molecule has 1 heterocycles. The number of halogens is 2. The average Bonchev–Trinajstić information content (AvgIpc) is 3.12. The first-order valence-electron chi connectivity index (χ1n) is 15.9. The number of para-hydroxylation sites is 1. The minimum absolute atomic E-state index is 0.00680. The van der Waals surface area contributed by atoms with Crippen LogP contribution in [0.4, 0.5) is 4.39 Å². The molecule has 3 aromatic rings. The summed E-state index contributed by atoms with van der Waals surface area (Å²) in [6.45, 7) is 8.21. The fourth-order valence-corrected chi connectivity index (χ4v) is 5.93. The van der Waals surface area contributed by atoms with Crippen LogP contribution >= 0.6 is 11.6 Å². The van der Waals surface area contributed by atoms with Gasteiger partial charge in [0.2, 0.25) is 5.91 Å². The number of amides is 1. The molecular weight excluding hydrogens is 605 g/mol. The molecule has 1 aliphatic rings. The lowest BCUT2D eigenvalue weighted by molar-refractivity contribution is -0.150. The van der Waals surface area contributed by atoms with E-state index in [9.17, 15) is 14.0 Å². The summed E-state index contributed by atoms with van der Waals surface area (Å²) < 4.78 is 26.0. The van der Waals surface area contributed by atoms with Gasteiger partial charge in [-0.05, 0) is 79.6 Å². The molecule has 1 amide bonds. The number of cyclic esters (lactones) is 1. The standard InChI is InChI=1S/C37H45ClFN3O4/c1-36(2,3)26-37(24-34(43)41-25-28-16-7-9-18-30(28)39)35(44)46-33(38)23-31(42-37)29-17-8-10-19-32(29)45-22-12-21-40-20-11-15-27-13-5-4-6-14-27/h4-10,13-14,16-19,23,31,40,42H,11-12,15,20-22,24-26H2,1-3H3,(H,41,43). The Kier molecular flexibility index (Phi) is 12.8. The monoisotopic (exact) mass is 649 g/mol. The van der Waals surface area contributed by atoms with Crippen molar-refractivity contribution in [3.8, 4) is 5.75 Å². The quantitative estimate of drug-likeness (QED) is 0.122. The molecule has 0 saturated carbocycles. The lowest BCUT2D eigenvalue weighted by atomic mass is 9.77. The summed E-state index contributed by atoms with van der Waals surface area (Å²) in [7, 11) is 0.